The molecule has 0 bridgehead atoms. The van der Waals surface area contributed by atoms with Gasteiger partial charge in [0.05, 0.1) is 6.10 Å². The summed E-state index contributed by atoms with van der Waals surface area (Å²) < 4.78 is 49.7. The Morgan fingerprint density at radius 2 is 1.70 bits per heavy atom. The monoisotopic (exact) mass is 159 g/mol. The van der Waals surface area contributed by atoms with Crippen molar-refractivity contribution in [3.8, 4) is 0 Å². The van der Waals surface area contributed by atoms with Crippen LogP contribution in [-0.2, 0) is 4.74 Å². The van der Waals surface area contributed by atoms with Crippen molar-refractivity contribution in [2.45, 2.75) is 26.4 Å². The number of hydrogen-bond donors (Lipinski definition) is 0. The standard InChI is InChI=1S/C5H7F4O/c1-3(2)10-5(8,9)4(6)7/h4H,1-2H3. The van der Waals surface area contributed by atoms with E-state index in [1.807, 2.05) is 0 Å². The lowest BCUT2D eigenvalue weighted by molar-refractivity contribution is -0.293. The van der Waals surface area contributed by atoms with Crippen LogP contribution in [-0.4, -0.2) is 12.5 Å². The zero-order chi connectivity index (χ0) is 8.36. The van der Waals surface area contributed by atoms with Gasteiger partial charge in [-0.2, -0.15) is 8.78 Å². The molecule has 0 aliphatic carbocycles. The summed E-state index contributed by atoms with van der Waals surface area (Å²) in [6.07, 6.45) is -8.31. The lowest BCUT2D eigenvalue weighted by atomic mass is 10.5. The van der Waals surface area contributed by atoms with Crippen LogP contribution >= 0.6 is 0 Å². The van der Waals surface area contributed by atoms with E-state index < -0.39 is 12.5 Å². The van der Waals surface area contributed by atoms with Crippen LogP contribution in [0.25, 0.3) is 0 Å². The van der Waals surface area contributed by atoms with Crippen molar-refractivity contribution in [3.05, 3.63) is 6.10 Å². The molecular weight excluding hydrogens is 152 g/mol. The molecule has 0 aliphatic rings. The zero-order valence-corrected chi connectivity index (χ0v) is 5.50. The van der Waals surface area contributed by atoms with Crippen LogP contribution in [0.2, 0.25) is 0 Å². The zero-order valence-electron chi connectivity index (χ0n) is 5.50. The second-order valence-electron chi connectivity index (χ2n) is 1.87. The van der Waals surface area contributed by atoms with E-state index in [4.69, 9.17) is 0 Å². The molecule has 0 N–H and O–H groups in total. The Kier molecular flexibility index (Phi) is 3.08. The Labute approximate surface area is 56.0 Å². The summed E-state index contributed by atoms with van der Waals surface area (Å²) in [5.41, 5.74) is 0. The van der Waals surface area contributed by atoms with Crippen molar-refractivity contribution >= 4 is 0 Å². The van der Waals surface area contributed by atoms with Crippen molar-refractivity contribution in [2.75, 3.05) is 0 Å². The van der Waals surface area contributed by atoms with Crippen LogP contribution in [0.1, 0.15) is 13.8 Å². The first-order valence-electron chi connectivity index (χ1n) is 2.51. The second kappa shape index (κ2) is 3.18. The lowest BCUT2D eigenvalue weighted by Gasteiger charge is -2.16. The van der Waals surface area contributed by atoms with Gasteiger partial charge in [0, 0.05) is 0 Å². The molecule has 0 atom stereocenters. The van der Waals surface area contributed by atoms with Gasteiger partial charge < -0.3 is 4.74 Å². The van der Waals surface area contributed by atoms with Crippen LogP contribution in [0.5, 0.6) is 0 Å². The van der Waals surface area contributed by atoms with E-state index in [-0.39, 0.29) is 6.10 Å². The highest BCUT2D eigenvalue weighted by Crippen LogP contribution is 2.27. The van der Waals surface area contributed by atoms with E-state index in [9.17, 15) is 17.6 Å². The largest absolute Gasteiger partial charge is 0.417 e. The average molecular weight is 159 g/mol. The highest BCUT2D eigenvalue weighted by atomic mass is 19.3. The summed E-state index contributed by atoms with van der Waals surface area (Å²) in [4.78, 5) is 0. The maximum Gasteiger partial charge on any atom is 0.417 e. The van der Waals surface area contributed by atoms with Crippen molar-refractivity contribution in [3.63, 3.8) is 0 Å². The third-order valence-electron chi connectivity index (χ3n) is 0.594. The molecule has 0 rings (SSSR count). The summed E-state index contributed by atoms with van der Waals surface area (Å²) in [6, 6.07) is 0. The molecule has 0 aromatic rings. The van der Waals surface area contributed by atoms with Crippen LogP contribution in [0.15, 0.2) is 0 Å². The summed E-state index contributed by atoms with van der Waals surface area (Å²) in [5.74, 6) is 0. The first kappa shape index (κ1) is 9.68. The summed E-state index contributed by atoms with van der Waals surface area (Å²) >= 11 is 0. The second-order valence-corrected chi connectivity index (χ2v) is 1.87. The molecule has 0 amide bonds. The van der Waals surface area contributed by atoms with Crippen molar-refractivity contribution < 1.29 is 22.3 Å². The van der Waals surface area contributed by atoms with Gasteiger partial charge in [-0.05, 0) is 13.8 Å². The summed E-state index contributed by atoms with van der Waals surface area (Å²) in [5, 5.41) is 0. The Morgan fingerprint density at radius 3 is 1.80 bits per heavy atom. The van der Waals surface area contributed by atoms with Crippen LogP contribution in [0.3, 0.4) is 0 Å². The SMILES string of the molecule is C[C](C)OC(F)(F)C(F)F. The Morgan fingerprint density at radius 1 is 1.30 bits per heavy atom. The Hall–Kier alpha value is -0.320. The van der Waals surface area contributed by atoms with Crippen LogP contribution in [0.4, 0.5) is 17.6 Å². The van der Waals surface area contributed by atoms with Crippen molar-refractivity contribution in [1.29, 1.82) is 0 Å². The number of hydrogen-bond acceptors (Lipinski definition) is 1. The molecule has 0 saturated carbocycles. The minimum absolute atomic E-state index is 0.190. The van der Waals surface area contributed by atoms with E-state index in [1.54, 1.807) is 0 Å². The smallest absolute Gasteiger partial charge is 0.307 e. The molecule has 1 radical (unpaired) electrons. The van der Waals surface area contributed by atoms with Gasteiger partial charge in [0.1, 0.15) is 0 Å². The average Bonchev–Trinajstić information content (AvgIpc) is 1.60. The molecule has 5 heteroatoms. The minimum Gasteiger partial charge on any atom is -0.307 e. The van der Waals surface area contributed by atoms with E-state index in [2.05, 4.69) is 4.74 Å². The van der Waals surface area contributed by atoms with Gasteiger partial charge in [-0.1, -0.05) is 0 Å². The molecule has 0 aliphatic heterocycles. The van der Waals surface area contributed by atoms with E-state index >= 15 is 0 Å². The maximum atomic E-state index is 11.8. The first-order valence-corrected chi connectivity index (χ1v) is 2.51. The number of rotatable bonds is 3. The Bertz CT molecular complexity index is 102. The van der Waals surface area contributed by atoms with E-state index in [1.165, 1.54) is 13.8 Å². The fourth-order valence-corrected chi connectivity index (χ4v) is 0.317. The molecule has 0 aromatic heterocycles. The quantitative estimate of drug-likeness (QED) is 0.574. The number of ether oxygens (including phenoxy) is 1. The highest BCUT2D eigenvalue weighted by Gasteiger charge is 2.43. The maximum absolute atomic E-state index is 11.8. The molecule has 0 heterocycles. The number of alkyl halides is 4. The molecule has 1 nitrogen and oxygen atoms in total. The molecule has 0 fully saturated rings. The van der Waals surface area contributed by atoms with Gasteiger partial charge in [0.2, 0.25) is 0 Å². The molecule has 61 valence electrons. The topological polar surface area (TPSA) is 9.23 Å². The van der Waals surface area contributed by atoms with Gasteiger partial charge in [0.15, 0.2) is 0 Å². The van der Waals surface area contributed by atoms with E-state index in [0.29, 0.717) is 0 Å². The third kappa shape index (κ3) is 3.00. The summed E-state index contributed by atoms with van der Waals surface area (Å²) in [6.45, 7) is 2.35. The number of halogens is 4. The van der Waals surface area contributed by atoms with Crippen LogP contribution in [0, 0.1) is 6.10 Å². The minimum atomic E-state index is -4.35. The first-order chi connectivity index (χ1) is 4.36. The molecule has 0 unspecified atom stereocenters. The molecule has 0 aromatic carbocycles. The van der Waals surface area contributed by atoms with E-state index in [0.717, 1.165) is 0 Å². The predicted molar refractivity (Wildman–Crippen MR) is 26.6 cm³/mol. The fourth-order valence-electron chi connectivity index (χ4n) is 0.317. The van der Waals surface area contributed by atoms with Gasteiger partial charge >= 0.3 is 12.5 Å². The molecule has 10 heavy (non-hydrogen) atoms. The Balaban J connectivity index is 3.87. The lowest BCUT2D eigenvalue weighted by Crippen LogP contribution is -2.30. The van der Waals surface area contributed by atoms with Gasteiger partial charge in [0.25, 0.3) is 0 Å². The third-order valence-corrected chi connectivity index (χ3v) is 0.594. The van der Waals surface area contributed by atoms with Crippen molar-refractivity contribution in [1.82, 2.24) is 0 Å². The fraction of sp³-hybridized carbons (Fsp3) is 0.800. The van der Waals surface area contributed by atoms with Gasteiger partial charge in [-0.3, -0.25) is 0 Å². The molecule has 0 spiro atoms. The predicted octanol–water partition coefficient (Wildman–Crippen LogP) is 2.43. The van der Waals surface area contributed by atoms with Crippen LogP contribution < -0.4 is 0 Å². The van der Waals surface area contributed by atoms with Crippen molar-refractivity contribution in [2.24, 2.45) is 0 Å². The van der Waals surface area contributed by atoms with Gasteiger partial charge in [-0.25, -0.2) is 8.78 Å². The van der Waals surface area contributed by atoms with Gasteiger partial charge in [-0.15, -0.1) is 0 Å². The normalized spacial score (nSPS) is 13.2. The molecular formula is C5H7F4O. The summed E-state index contributed by atoms with van der Waals surface area (Å²) in [7, 11) is 0. The highest BCUT2D eigenvalue weighted by molar-refractivity contribution is 4.67. The molecule has 0 saturated heterocycles.